The van der Waals surface area contributed by atoms with Gasteiger partial charge < -0.3 is 9.47 Å². The molecule has 33 heavy (non-hydrogen) atoms. The van der Waals surface area contributed by atoms with Crippen molar-refractivity contribution in [2.45, 2.75) is 13.5 Å². The van der Waals surface area contributed by atoms with E-state index >= 15 is 0 Å². The number of ether oxygens (including phenoxy) is 2. The van der Waals surface area contributed by atoms with Crippen LogP contribution < -0.4 is 15.0 Å². The fourth-order valence-electron chi connectivity index (χ4n) is 3.24. The summed E-state index contributed by atoms with van der Waals surface area (Å²) in [7, 11) is 1.54. The van der Waals surface area contributed by atoms with Crippen molar-refractivity contribution in [1.82, 2.24) is 9.66 Å². The second-order valence-corrected chi connectivity index (χ2v) is 9.39. The van der Waals surface area contributed by atoms with E-state index in [9.17, 15) is 4.79 Å². The fraction of sp³-hybridized carbons (Fsp3) is 0.125. The molecule has 0 amide bonds. The average Bonchev–Trinajstić information content (AvgIpc) is 2.79. The van der Waals surface area contributed by atoms with Crippen molar-refractivity contribution in [3.63, 3.8) is 0 Å². The molecule has 0 radical (unpaired) electrons. The lowest BCUT2D eigenvalue weighted by atomic mass is 10.2. The van der Waals surface area contributed by atoms with Gasteiger partial charge in [0.05, 0.1) is 24.2 Å². The molecule has 4 aromatic rings. The molecule has 4 rings (SSSR count). The molecule has 168 valence electrons. The number of hydrogen-bond acceptors (Lipinski definition) is 5. The van der Waals surface area contributed by atoms with Crippen molar-refractivity contribution < 1.29 is 9.47 Å². The fourth-order valence-corrected chi connectivity index (χ4v) is 4.08. The van der Waals surface area contributed by atoms with E-state index in [2.05, 4.69) is 41.9 Å². The van der Waals surface area contributed by atoms with Crippen molar-refractivity contribution in [2.24, 2.45) is 5.10 Å². The monoisotopic (exact) mass is 589 g/mol. The van der Waals surface area contributed by atoms with Crippen molar-refractivity contribution in [2.75, 3.05) is 7.11 Å². The maximum Gasteiger partial charge on any atom is 0.282 e. The van der Waals surface area contributed by atoms with Crippen LogP contribution in [0.3, 0.4) is 0 Å². The highest BCUT2D eigenvalue weighted by Gasteiger charge is 2.13. The molecule has 9 heteroatoms. The Hall–Kier alpha value is -2.68. The summed E-state index contributed by atoms with van der Waals surface area (Å²) in [5.74, 6) is 1.39. The Morgan fingerprint density at radius 2 is 1.82 bits per heavy atom. The van der Waals surface area contributed by atoms with E-state index in [1.807, 2.05) is 30.3 Å². The first-order valence-corrected chi connectivity index (χ1v) is 11.8. The number of fused-ring (bicyclic) bond motifs is 1. The predicted octanol–water partition coefficient (Wildman–Crippen LogP) is 6.35. The molecule has 0 N–H and O–H groups in total. The minimum absolute atomic E-state index is 0.277. The third-order valence-corrected chi connectivity index (χ3v) is 6.09. The van der Waals surface area contributed by atoms with Crippen molar-refractivity contribution in [1.29, 1.82) is 0 Å². The van der Waals surface area contributed by atoms with Gasteiger partial charge >= 0.3 is 0 Å². The van der Waals surface area contributed by atoms with Crippen LogP contribution in [0.25, 0.3) is 10.9 Å². The first kappa shape index (κ1) is 23.5. The van der Waals surface area contributed by atoms with Crippen LogP contribution in [0.4, 0.5) is 0 Å². The van der Waals surface area contributed by atoms with Gasteiger partial charge in [-0.2, -0.15) is 9.78 Å². The summed E-state index contributed by atoms with van der Waals surface area (Å²) in [6.07, 6.45) is 1.52. The zero-order valence-electron chi connectivity index (χ0n) is 17.7. The van der Waals surface area contributed by atoms with Crippen LogP contribution in [0.5, 0.6) is 11.5 Å². The molecule has 6 nitrogen and oxygen atoms in total. The Labute approximate surface area is 212 Å². The summed E-state index contributed by atoms with van der Waals surface area (Å²) in [5.41, 5.74) is 1.88. The van der Waals surface area contributed by atoms with E-state index < -0.39 is 0 Å². The number of methoxy groups -OCH3 is 1. The summed E-state index contributed by atoms with van der Waals surface area (Å²) in [6.45, 7) is 2.04. The largest absolute Gasteiger partial charge is 0.493 e. The van der Waals surface area contributed by atoms with Gasteiger partial charge in [-0.05, 0) is 48.9 Å². The van der Waals surface area contributed by atoms with Gasteiger partial charge in [0.1, 0.15) is 12.4 Å². The lowest BCUT2D eigenvalue weighted by molar-refractivity contribution is 0.284. The number of nitrogens with zero attached hydrogens (tertiary/aromatic N) is 3. The smallest absolute Gasteiger partial charge is 0.282 e. The molecule has 0 unspecified atom stereocenters. The molecular weight excluding hydrogens is 574 g/mol. The quantitative estimate of drug-likeness (QED) is 0.245. The topological polar surface area (TPSA) is 65.7 Å². The minimum Gasteiger partial charge on any atom is -0.493 e. The van der Waals surface area contributed by atoms with E-state index in [-0.39, 0.29) is 5.56 Å². The van der Waals surface area contributed by atoms with Crippen molar-refractivity contribution in [3.05, 3.63) is 95.9 Å². The van der Waals surface area contributed by atoms with Gasteiger partial charge in [0.25, 0.3) is 5.56 Å². The first-order valence-electron chi connectivity index (χ1n) is 9.84. The van der Waals surface area contributed by atoms with Crippen LogP contribution in [0.1, 0.15) is 17.0 Å². The van der Waals surface area contributed by atoms with Gasteiger partial charge in [-0.1, -0.05) is 55.6 Å². The molecule has 0 spiro atoms. The molecule has 1 aromatic heterocycles. The molecule has 0 aliphatic rings. The van der Waals surface area contributed by atoms with E-state index in [4.69, 9.17) is 21.1 Å². The van der Waals surface area contributed by atoms with Crippen LogP contribution in [-0.4, -0.2) is 23.0 Å². The molecule has 1 heterocycles. The summed E-state index contributed by atoms with van der Waals surface area (Å²) < 4.78 is 14.6. The lowest BCUT2D eigenvalue weighted by Crippen LogP contribution is -2.20. The van der Waals surface area contributed by atoms with E-state index in [1.54, 1.807) is 38.3 Å². The van der Waals surface area contributed by atoms with Crippen molar-refractivity contribution in [3.8, 4) is 11.5 Å². The average molecular weight is 592 g/mol. The Morgan fingerprint density at radius 3 is 2.55 bits per heavy atom. The van der Waals surface area contributed by atoms with Crippen LogP contribution >= 0.6 is 43.5 Å². The lowest BCUT2D eigenvalue weighted by Gasteiger charge is -2.14. The Balaban J connectivity index is 1.74. The third-order valence-electron chi connectivity index (χ3n) is 4.85. The van der Waals surface area contributed by atoms with E-state index in [0.717, 1.165) is 14.5 Å². The van der Waals surface area contributed by atoms with Gasteiger partial charge in [-0.3, -0.25) is 4.79 Å². The Bertz CT molecular complexity index is 1420. The van der Waals surface area contributed by atoms with Gasteiger partial charge in [0.2, 0.25) is 0 Å². The highest BCUT2D eigenvalue weighted by molar-refractivity contribution is 9.10. The zero-order valence-corrected chi connectivity index (χ0v) is 21.6. The van der Waals surface area contributed by atoms with Crippen molar-refractivity contribution >= 4 is 60.6 Å². The zero-order chi connectivity index (χ0) is 23.5. The highest BCUT2D eigenvalue weighted by Crippen LogP contribution is 2.34. The van der Waals surface area contributed by atoms with Gasteiger partial charge in [-0.15, -0.1) is 0 Å². The number of benzene rings is 3. The molecule has 0 saturated carbocycles. The molecule has 0 atom stereocenters. The predicted molar refractivity (Wildman–Crippen MR) is 138 cm³/mol. The van der Waals surface area contributed by atoms with Crippen LogP contribution in [-0.2, 0) is 6.61 Å². The number of aryl methyl sites for hydroxylation is 1. The summed E-state index contributed by atoms with van der Waals surface area (Å²) >= 11 is 13.1. The number of aromatic nitrogens is 2. The van der Waals surface area contributed by atoms with Gasteiger partial charge in [-0.25, -0.2) is 4.98 Å². The third kappa shape index (κ3) is 5.29. The normalized spacial score (nSPS) is 11.3. The Kier molecular flexibility index (Phi) is 7.17. The van der Waals surface area contributed by atoms with E-state index in [1.165, 1.54) is 10.9 Å². The number of rotatable bonds is 6. The van der Waals surface area contributed by atoms with E-state index in [0.29, 0.717) is 45.4 Å². The number of halogens is 3. The van der Waals surface area contributed by atoms with Gasteiger partial charge in [0.15, 0.2) is 11.5 Å². The van der Waals surface area contributed by atoms with Crippen LogP contribution in [0.15, 0.2) is 73.4 Å². The second-order valence-electron chi connectivity index (χ2n) is 7.12. The minimum atomic E-state index is -0.277. The Morgan fingerprint density at radius 1 is 1.09 bits per heavy atom. The molecule has 3 aromatic carbocycles. The maximum atomic E-state index is 13.0. The molecule has 0 bridgehead atoms. The number of hydrogen-bond donors (Lipinski definition) is 0. The molecular formula is C24H18Br2ClN3O3. The highest BCUT2D eigenvalue weighted by atomic mass is 79.9. The molecule has 0 fully saturated rings. The second kappa shape index (κ2) is 10.1. The molecule has 0 aliphatic carbocycles. The summed E-state index contributed by atoms with van der Waals surface area (Å²) in [6, 6.07) is 16.5. The first-order chi connectivity index (χ1) is 15.9. The summed E-state index contributed by atoms with van der Waals surface area (Å²) in [4.78, 5) is 17.5. The standard InChI is InChI=1S/C24H18Br2ClN3O3/c1-14-29-21-8-7-18(26)10-20(21)24(31)30(14)28-12-16-9-19(27)11-22(32-2)23(16)33-13-15-3-5-17(25)6-4-15/h3-12H,13H2,1-2H3. The van der Waals surface area contributed by atoms with Crippen LogP contribution in [0.2, 0.25) is 5.02 Å². The maximum absolute atomic E-state index is 13.0. The van der Waals surface area contributed by atoms with Gasteiger partial charge in [0, 0.05) is 25.6 Å². The SMILES string of the molecule is COc1cc(Cl)cc(C=Nn2c(C)nc3ccc(Br)cc3c2=O)c1OCc1ccc(Br)cc1. The van der Waals surface area contributed by atoms with Crippen LogP contribution in [0, 0.1) is 6.92 Å². The summed E-state index contributed by atoms with van der Waals surface area (Å²) in [5, 5.41) is 5.31. The molecule has 0 aliphatic heterocycles. The molecule has 0 saturated heterocycles.